The van der Waals surface area contributed by atoms with E-state index in [1.165, 1.54) is 16.4 Å². The third-order valence-electron chi connectivity index (χ3n) is 5.74. The highest BCUT2D eigenvalue weighted by atomic mass is 32.2. The highest BCUT2D eigenvalue weighted by Gasteiger charge is 2.27. The molecule has 32 heavy (non-hydrogen) atoms. The predicted octanol–water partition coefficient (Wildman–Crippen LogP) is 0.772. The van der Waals surface area contributed by atoms with Crippen LogP contribution in [-0.2, 0) is 19.6 Å². The monoisotopic (exact) mass is 467 g/mol. The number of sulfonamides is 1. The van der Waals surface area contributed by atoms with Crippen molar-refractivity contribution in [1.82, 2.24) is 19.4 Å². The summed E-state index contributed by atoms with van der Waals surface area (Å²) < 4.78 is 32.3. The van der Waals surface area contributed by atoms with Crippen LogP contribution < -0.4 is 10.6 Å². The molecule has 2 aliphatic rings. The number of anilines is 1. The van der Waals surface area contributed by atoms with Gasteiger partial charge in [0.2, 0.25) is 15.9 Å². The minimum atomic E-state index is -3.63. The van der Waals surface area contributed by atoms with E-state index in [-0.39, 0.29) is 22.9 Å². The Balaban J connectivity index is 1.52. The molecule has 0 saturated carbocycles. The van der Waals surface area contributed by atoms with Crippen LogP contribution in [0.2, 0.25) is 0 Å². The van der Waals surface area contributed by atoms with Crippen molar-refractivity contribution in [3.05, 3.63) is 24.3 Å². The summed E-state index contributed by atoms with van der Waals surface area (Å²) in [6.45, 7) is 7.90. The summed E-state index contributed by atoms with van der Waals surface area (Å²) in [5.74, 6) is -0.00413. The van der Waals surface area contributed by atoms with Crippen molar-refractivity contribution in [2.24, 2.45) is 0 Å². The second-order valence-corrected chi connectivity index (χ2v) is 10.1. The topological polar surface area (TPSA) is 111 Å². The van der Waals surface area contributed by atoms with Crippen molar-refractivity contribution in [3.8, 4) is 0 Å². The van der Waals surface area contributed by atoms with Gasteiger partial charge in [0.05, 0.1) is 24.7 Å². The molecule has 2 aliphatic heterocycles. The molecule has 0 radical (unpaired) electrons. The number of nitrogens with one attached hydrogen (secondary N) is 2. The number of carbonyl (C=O) groups excluding carboxylic acids is 2. The van der Waals surface area contributed by atoms with E-state index in [1.54, 1.807) is 17.0 Å². The Morgan fingerprint density at radius 2 is 1.78 bits per heavy atom. The third-order valence-corrected chi connectivity index (χ3v) is 7.63. The molecular weight excluding hydrogens is 434 g/mol. The molecule has 1 aromatic carbocycles. The molecule has 11 heteroatoms. The Labute approximate surface area is 189 Å². The highest BCUT2D eigenvalue weighted by Crippen LogP contribution is 2.21. The quantitative estimate of drug-likeness (QED) is 0.613. The van der Waals surface area contributed by atoms with Gasteiger partial charge in [0, 0.05) is 51.0 Å². The summed E-state index contributed by atoms with van der Waals surface area (Å²) >= 11 is 0. The number of rotatable bonds is 7. The molecular formula is C21H33N5O5S. The van der Waals surface area contributed by atoms with Crippen molar-refractivity contribution in [2.45, 2.75) is 31.2 Å². The minimum absolute atomic E-state index is 0.00413. The van der Waals surface area contributed by atoms with Crippen LogP contribution in [0.1, 0.15) is 20.3 Å². The van der Waals surface area contributed by atoms with Crippen LogP contribution in [0.4, 0.5) is 10.5 Å². The molecule has 1 aromatic rings. The standard InChI is InChI=1S/C21H33N5O5S/c1-3-17(2)22-20(27)16-24-7-9-25(10-8-24)21(28)23-18-5-4-6-19(15-18)32(29,30)26-11-13-31-14-12-26/h4-6,15,17H,3,7-14,16H2,1-2H3,(H,22,27)(H,23,28). The van der Waals surface area contributed by atoms with Crippen LogP contribution in [0.25, 0.3) is 0 Å². The predicted molar refractivity (Wildman–Crippen MR) is 121 cm³/mol. The van der Waals surface area contributed by atoms with E-state index in [0.29, 0.717) is 64.7 Å². The fourth-order valence-electron chi connectivity index (χ4n) is 3.61. The zero-order valence-corrected chi connectivity index (χ0v) is 19.6. The number of carbonyl (C=O) groups is 2. The van der Waals surface area contributed by atoms with E-state index in [4.69, 9.17) is 4.74 Å². The molecule has 178 valence electrons. The molecule has 0 spiro atoms. The molecule has 0 bridgehead atoms. The molecule has 2 N–H and O–H groups in total. The number of ether oxygens (including phenoxy) is 1. The van der Waals surface area contributed by atoms with Gasteiger partial charge in [0.15, 0.2) is 0 Å². The van der Waals surface area contributed by atoms with E-state index in [0.717, 1.165) is 6.42 Å². The van der Waals surface area contributed by atoms with Gasteiger partial charge in [0.25, 0.3) is 0 Å². The zero-order valence-electron chi connectivity index (χ0n) is 18.7. The lowest BCUT2D eigenvalue weighted by atomic mass is 10.2. The summed E-state index contributed by atoms with van der Waals surface area (Å²) in [4.78, 5) is 28.6. The lowest BCUT2D eigenvalue weighted by molar-refractivity contribution is -0.123. The first kappa shape index (κ1) is 24.4. The maximum atomic E-state index is 12.8. The summed E-state index contributed by atoms with van der Waals surface area (Å²) in [6, 6.07) is 6.18. The Bertz CT molecular complexity index is 896. The molecule has 3 rings (SSSR count). The Hall–Kier alpha value is -2.21. The number of amides is 3. The molecule has 0 aromatic heterocycles. The average Bonchev–Trinajstić information content (AvgIpc) is 2.80. The molecule has 2 saturated heterocycles. The average molecular weight is 468 g/mol. The largest absolute Gasteiger partial charge is 0.379 e. The van der Waals surface area contributed by atoms with Gasteiger partial charge in [0.1, 0.15) is 0 Å². The lowest BCUT2D eigenvalue weighted by Gasteiger charge is -2.34. The second-order valence-electron chi connectivity index (χ2n) is 8.11. The summed E-state index contributed by atoms with van der Waals surface area (Å²) in [5.41, 5.74) is 0.430. The zero-order chi connectivity index (χ0) is 23.1. The van der Waals surface area contributed by atoms with Gasteiger partial charge in [-0.1, -0.05) is 13.0 Å². The molecule has 1 unspecified atom stereocenters. The normalized spacial score (nSPS) is 19.4. The van der Waals surface area contributed by atoms with Crippen LogP contribution in [0, 0.1) is 0 Å². The Morgan fingerprint density at radius 1 is 1.09 bits per heavy atom. The maximum Gasteiger partial charge on any atom is 0.321 e. The van der Waals surface area contributed by atoms with Crippen molar-refractivity contribution >= 4 is 27.6 Å². The van der Waals surface area contributed by atoms with E-state index < -0.39 is 10.0 Å². The summed E-state index contributed by atoms with van der Waals surface area (Å²) in [6.07, 6.45) is 0.884. The van der Waals surface area contributed by atoms with Gasteiger partial charge < -0.3 is 20.3 Å². The van der Waals surface area contributed by atoms with Gasteiger partial charge >= 0.3 is 6.03 Å². The van der Waals surface area contributed by atoms with Crippen LogP contribution in [0.5, 0.6) is 0 Å². The summed E-state index contributed by atoms with van der Waals surface area (Å²) in [7, 11) is -3.63. The van der Waals surface area contributed by atoms with Gasteiger partial charge in [-0.3, -0.25) is 9.69 Å². The lowest BCUT2D eigenvalue weighted by Crippen LogP contribution is -2.52. The number of benzene rings is 1. The van der Waals surface area contributed by atoms with Gasteiger partial charge in [-0.15, -0.1) is 0 Å². The maximum absolute atomic E-state index is 12.8. The van der Waals surface area contributed by atoms with Crippen LogP contribution >= 0.6 is 0 Å². The number of urea groups is 1. The smallest absolute Gasteiger partial charge is 0.321 e. The van der Waals surface area contributed by atoms with Crippen LogP contribution in [0.3, 0.4) is 0 Å². The SMILES string of the molecule is CCC(C)NC(=O)CN1CCN(C(=O)Nc2cccc(S(=O)(=O)N3CCOCC3)c2)CC1. The van der Waals surface area contributed by atoms with Crippen LogP contribution in [0.15, 0.2) is 29.2 Å². The number of piperazine rings is 1. The number of morpholine rings is 1. The summed E-state index contributed by atoms with van der Waals surface area (Å²) in [5, 5.41) is 5.75. The van der Waals surface area contributed by atoms with Crippen molar-refractivity contribution in [2.75, 3.05) is 64.3 Å². The van der Waals surface area contributed by atoms with Crippen LogP contribution in [-0.4, -0.2) is 99.5 Å². The molecule has 10 nitrogen and oxygen atoms in total. The Kier molecular flexibility index (Phi) is 8.46. The molecule has 3 amide bonds. The minimum Gasteiger partial charge on any atom is -0.379 e. The fourth-order valence-corrected chi connectivity index (χ4v) is 5.06. The van der Waals surface area contributed by atoms with Gasteiger partial charge in [-0.2, -0.15) is 4.31 Å². The molecule has 1 atom stereocenters. The van der Waals surface area contributed by atoms with Gasteiger partial charge in [-0.25, -0.2) is 13.2 Å². The van der Waals surface area contributed by atoms with E-state index in [1.807, 2.05) is 18.7 Å². The second kappa shape index (κ2) is 11.1. The first-order chi connectivity index (χ1) is 15.3. The van der Waals surface area contributed by atoms with E-state index in [2.05, 4.69) is 10.6 Å². The third kappa shape index (κ3) is 6.41. The number of hydrogen-bond donors (Lipinski definition) is 2. The van der Waals surface area contributed by atoms with Crippen molar-refractivity contribution in [1.29, 1.82) is 0 Å². The highest BCUT2D eigenvalue weighted by molar-refractivity contribution is 7.89. The first-order valence-corrected chi connectivity index (χ1v) is 12.5. The number of hydrogen-bond acceptors (Lipinski definition) is 6. The van der Waals surface area contributed by atoms with Crippen molar-refractivity contribution < 1.29 is 22.7 Å². The Morgan fingerprint density at radius 3 is 2.44 bits per heavy atom. The fraction of sp³-hybridized carbons (Fsp3) is 0.619. The van der Waals surface area contributed by atoms with Crippen molar-refractivity contribution in [3.63, 3.8) is 0 Å². The van der Waals surface area contributed by atoms with E-state index in [9.17, 15) is 18.0 Å². The number of nitrogens with zero attached hydrogens (tertiary/aromatic N) is 3. The molecule has 2 fully saturated rings. The van der Waals surface area contributed by atoms with E-state index >= 15 is 0 Å². The molecule has 0 aliphatic carbocycles. The molecule has 2 heterocycles. The first-order valence-electron chi connectivity index (χ1n) is 11.0. The van der Waals surface area contributed by atoms with Gasteiger partial charge in [-0.05, 0) is 31.5 Å².